The second kappa shape index (κ2) is 6.24. The van der Waals surface area contributed by atoms with Gasteiger partial charge in [0.05, 0.1) is 0 Å². The maximum Gasteiger partial charge on any atom is 0.238 e. The maximum atomic E-state index is 11.8. The molecule has 1 N–H and O–H groups in total. The zero-order valence-electron chi connectivity index (χ0n) is 11.0. The van der Waals surface area contributed by atoms with Gasteiger partial charge in [-0.2, -0.15) is 0 Å². The summed E-state index contributed by atoms with van der Waals surface area (Å²) in [6, 6.07) is 0. The third-order valence-electron chi connectivity index (χ3n) is 3.85. The normalized spacial score (nSPS) is 21.3. The van der Waals surface area contributed by atoms with Crippen molar-refractivity contribution in [2.75, 3.05) is 18.7 Å². The van der Waals surface area contributed by atoms with Crippen molar-refractivity contribution in [3.63, 3.8) is 0 Å². The minimum absolute atomic E-state index is 0.0489. The monoisotopic (exact) mass is 295 g/mol. The second-order valence-corrected chi connectivity index (χ2v) is 8.02. The van der Waals surface area contributed by atoms with Crippen LogP contribution in [0.2, 0.25) is 0 Å². The molecule has 0 heterocycles. The molecule has 0 spiro atoms. The molecular weight excluding hydrogens is 274 g/mol. The lowest BCUT2D eigenvalue weighted by atomic mass is 9.75. The van der Waals surface area contributed by atoms with E-state index < -0.39 is 21.0 Å². The lowest BCUT2D eigenvalue weighted by molar-refractivity contribution is -0.121. The molecular formula is C12H22ClNO3S. The van der Waals surface area contributed by atoms with Gasteiger partial charge in [-0.15, -0.1) is 11.6 Å². The van der Waals surface area contributed by atoms with Crippen molar-refractivity contribution < 1.29 is 13.2 Å². The summed E-state index contributed by atoms with van der Waals surface area (Å²) in [5.74, 6) is 0.0909. The molecule has 0 aromatic rings. The van der Waals surface area contributed by atoms with Crippen LogP contribution in [0.15, 0.2) is 0 Å². The second-order valence-electron chi connectivity index (χ2n) is 5.38. The van der Waals surface area contributed by atoms with E-state index in [-0.39, 0.29) is 5.41 Å². The van der Waals surface area contributed by atoms with Crippen molar-refractivity contribution in [1.82, 2.24) is 5.32 Å². The van der Waals surface area contributed by atoms with Crippen molar-refractivity contribution in [3.05, 3.63) is 0 Å². The molecule has 1 fully saturated rings. The van der Waals surface area contributed by atoms with Gasteiger partial charge in [0.2, 0.25) is 5.91 Å². The Morgan fingerprint density at radius 1 is 1.33 bits per heavy atom. The van der Waals surface area contributed by atoms with Gasteiger partial charge < -0.3 is 5.32 Å². The first-order chi connectivity index (χ1) is 8.31. The highest BCUT2D eigenvalue weighted by molar-refractivity contribution is 7.92. The average molecular weight is 296 g/mol. The van der Waals surface area contributed by atoms with Crippen LogP contribution in [0.4, 0.5) is 0 Å². The Balaban J connectivity index is 2.55. The van der Waals surface area contributed by atoms with E-state index in [2.05, 4.69) is 5.32 Å². The van der Waals surface area contributed by atoms with E-state index in [9.17, 15) is 13.2 Å². The van der Waals surface area contributed by atoms with Crippen LogP contribution in [0, 0.1) is 5.41 Å². The van der Waals surface area contributed by atoms with E-state index in [1.54, 1.807) is 0 Å². The number of rotatable bonds is 5. The van der Waals surface area contributed by atoms with Crippen LogP contribution in [0.1, 0.15) is 39.0 Å². The van der Waals surface area contributed by atoms with Crippen molar-refractivity contribution in [3.8, 4) is 0 Å². The highest BCUT2D eigenvalue weighted by Crippen LogP contribution is 2.36. The number of halogens is 1. The lowest BCUT2D eigenvalue weighted by Crippen LogP contribution is -2.45. The van der Waals surface area contributed by atoms with E-state index in [0.29, 0.717) is 12.4 Å². The van der Waals surface area contributed by atoms with E-state index in [1.165, 1.54) is 13.3 Å². The Morgan fingerprint density at radius 2 is 1.89 bits per heavy atom. The van der Waals surface area contributed by atoms with Crippen molar-refractivity contribution in [2.45, 2.75) is 44.3 Å². The first-order valence-electron chi connectivity index (χ1n) is 6.33. The smallest absolute Gasteiger partial charge is 0.238 e. The average Bonchev–Trinajstić information content (AvgIpc) is 2.35. The zero-order valence-corrected chi connectivity index (χ0v) is 12.6. The molecule has 0 aromatic heterocycles. The number of carbonyl (C=O) groups is 1. The summed E-state index contributed by atoms with van der Waals surface area (Å²) in [5, 5.41) is 1.76. The fraction of sp³-hybridized carbons (Fsp3) is 0.917. The van der Waals surface area contributed by atoms with E-state index in [1.807, 2.05) is 0 Å². The SMILES string of the molecule is CC(C(=O)NCC1(CCl)CCCCC1)S(C)(=O)=O. The molecule has 0 aliphatic heterocycles. The van der Waals surface area contributed by atoms with Crippen molar-refractivity contribution in [1.29, 1.82) is 0 Å². The van der Waals surface area contributed by atoms with E-state index in [4.69, 9.17) is 11.6 Å². The number of hydrogen-bond acceptors (Lipinski definition) is 3. The molecule has 0 aromatic carbocycles. The molecule has 1 rings (SSSR count). The molecule has 1 aliphatic rings. The molecule has 1 amide bonds. The van der Waals surface area contributed by atoms with Gasteiger partial charge >= 0.3 is 0 Å². The fourth-order valence-corrected chi connectivity index (χ4v) is 3.11. The Hall–Kier alpha value is -0.290. The van der Waals surface area contributed by atoms with Crippen molar-refractivity contribution >= 4 is 27.3 Å². The summed E-state index contributed by atoms with van der Waals surface area (Å²) >= 11 is 6.02. The minimum Gasteiger partial charge on any atom is -0.354 e. The van der Waals surface area contributed by atoms with Crippen LogP contribution in [-0.2, 0) is 14.6 Å². The third-order valence-corrected chi connectivity index (χ3v) is 5.91. The third kappa shape index (κ3) is 4.12. The van der Waals surface area contributed by atoms with Crippen molar-refractivity contribution in [2.24, 2.45) is 5.41 Å². The lowest BCUT2D eigenvalue weighted by Gasteiger charge is -2.35. The molecule has 0 radical (unpaired) electrons. The van der Waals surface area contributed by atoms with E-state index >= 15 is 0 Å². The number of nitrogens with one attached hydrogen (secondary N) is 1. The Bertz CT molecular complexity index is 388. The van der Waals surface area contributed by atoms with Crippen LogP contribution >= 0.6 is 11.6 Å². The number of amides is 1. The summed E-state index contributed by atoms with van der Waals surface area (Å²) in [5.41, 5.74) is -0.0489. The molecule has 0 bridgehead atoms. The van der Waals surface area contributed by atoms with E-state index in [0.717, 1.165) is 31.9 Å². The molecule has 106 valence electrons. The summed E-state index contributed by atoms with van der Waals surface area (Å²) in [6.07, 6.45) is 6.56. The molecule has 6 heteroatoms. The van der Waals surface area contributed by atoms with Gasteiger partial charge in [-0.25, -0.2) is 8.42 Å². The Labute approximate surface area is 114 Å². The van der Waals surface area contributed by atoms with Crippen LogP contribution in [0.3, 0.4) is 0 Å². The molecule has 1 saturated carbocycles. The molecule has 0 saturated heterocycles. The number of hydrogen-bond donors (Lipinski definition) is 1. The molecule has 1 atom stereocenters. The quantitative estimate of drug-likeness (QED) is 0.786. The maximum absolute atomic E-state index is 11.8. The van der Waals surface area contributed by atoms with Gasteiger partial charge in [-0.3, -0.25) is 4.79 Å². The highest BCUT2D eigenvalue weighted by Gasteiger charge is 2.33. The Kier molecular flexibility index (Phi) is 5.46. The van der Waals surface area contributed by atoms with Crippen LogP contribution in [0.5, 0.6) is 0 Å². The van der Waals surface area contributed by atoms with Gasteiger partial charge in [0.1, 0.15) is 5.25 Å². The zero-order chi connectivity index (χ0) is 13.8. The van der Waals surface area contributed by atoms with Gasteiger partial charge in [-0.1, -0.05) is 19.3 Å². The van der Waals surface area contributed by atoms with Gasteiger partial charge in [0, 0.05) is 24.1 Å². The predicted molar refractivity (Wildman–Crippen MR) is 73.6 cm³/mol. The number of sulfone groups is 1. The highest BCUT2D eigenvalue weighted by atomic mass is 35.5. The largest absolute Gasteiger partial charge is 0.354 e. The molecule has 1 unspecified atom stereocenters. The van der Waals surface area contributed by atoms with Crippen LogP contribution in [0.25, 0.3) is 0 Å². The number of alkyl halides is 1. The number of carbonyl (C=O) groups excluding carboxylic acids is 1. The summed E-state index contributed by atoms with van der Waals surface area (Å²) in [6.45, 7) is 1.90. The fourth-order valence-electron chi connectivity index (χ4n) is 2.27. The minimum atomic E-state index is -3.33. The molecule has 4 nitrogen and oxygen atoms in total. The van der Waals surface area contributed by atoms with Gasteiger partial charge in [0.15, 0.2) is 9.84 Å². The van der Waals surface area contributed by atoms with Gasteiger partial charge in [-0.05, 0) is 19.8 Å². The summed E-state index contributed by atoms with van der Waals surface area (Å²) < 4.78 is 22.6. The topological polar surface area (TPSA) is 63.2 Å². The summed E-state index contributed by atoms with van der Waals surface area (Å²) in [4.78, 5) is 11.8. The van der Waals surface area contributed by atoms with Gasteiger partial charge in [0.25, 0.3) is 0 Å². The standard InChI is InChI=1S/C12H22ClNO3S/c1-10(18(2,16)17)11(15)14-9-12(8-13)6-4-3-5-7-12/h10H,3-9H2,1-2H3,(H,14,15). The first-order valence-corrected chi connectivity index (χ1v) is 8.82. The van der Waals surface area contributed by atoms with Crippen LogP contribution < -0.4 is 5.32 Å². The predicted octanol–water partition coefficient (Wildman–Crippen LogP) is 1.72. The molecule has 18 heavy (non-hydrogen) atoms. The summed E-state index contributed by atoms with van der Waals surface area (Å²) in [7, 11) is -3.33. The van der Waals surface area contributed by atoms with Crippen LogP contribution in [-0.4, -0.2) is 38.3 Å². The Morgan fingerprint density at radius 3 is 2.33 bits per heavy atom. The molecule has 1 aliphatic carbocycles. The first kappa shape index (κ1) is 15.8.